The summed E-state index contributed by atoms with van der Waals surface area (Å²) in [6.07, 6.45) is 3.00. The van der Waals surface area contributed by atoms with E-state index in [0.29, 0.717) is 25.9 Å². The molecule has 0 radical (unpaired) electrons. The summed E-state index contributed by atoms with van der Waals surface area (Å²) < 4.78 is 6.19. The summed E-state index contributed by atoms with van der Waals surface area (Å²) in [4.78, 5) is 23.7. The quantitative estimate of drug-likeness (QED) is 0.360. The predicted molar refractivity (Wildman–Crippen MR) is 110 cm³/mol. The molecule has 0 bridgehead atoms. The molecule has 2 aromatic heterocycles. The van der Waals surface area contributed by atoms with Crippen molar-refractivity contribution in [1.29, 1.82) is 0 Å². The van der Waals surface area contributed by atoms with Crippen molar-refractivity contribution in [3.05, 3.63) is 23.6 Å². The number of nitrogens with one attached hydrogen (secondary N) is 2. The van der Waals surface area contributed by atoms with E-state index in [1.807, 2.05) is 0 Å². The zero-order valence-corrected chi connectivity index (χ0v) is 19.5. The Hall–Kier alpha value is -1.04. The van der Waals surface area contributed by atoms with Crippen LogP contribution in [0.4, 0.5) is 0 Å². The van der Waals surface area contributed by atoms with Crippen molar-refractivity contribution in [2.75, 3.05) is 13.1 Å². The van der Waals surface area contributed by atoms with Gasteiger partial charge in [0.25, 0.3) is 19.4 Å². The molecule has 0 aliphatic rings. The molecule has 166 valence electrons. The largest absolute Gasteiger partial charge is 0.412 e. The first kappa shape index (κ1) is 25.2. The maximum Gasteiger partial charge on any atom is 0.308 e. The van der Waals surface area contributed by atoms with Gasteiger partial charge in [-0.1, -0.05) is 82.4 Å². The summed E-state index contributed by atoms with van der Waals surface area (Å²) >= 11 is 33.5. The van der Waals surface area contributed by atoms with Gasteiger partial charge in [-0.05, 0) is 12.8 Å². The third kappa shape index (κ3) is 7.90. The topological polar surface area (TPSA) is 136 Å². The van der Waals surface area contributed by atoms with Gasteiger partial charge in [-0.15, -0.1) is 20.4 Å². The van der Waals surface area contributed by atoms with Crippen LogP contribution in [0.3, 0.4) is 0 Å². The molecular formula is C14H14Cl6N6O4. The molecule has 0 spiro atoms. The maximum absolute atomic E-state index is 11.9. The van der Waals surface area contributed by atoms with Crippen LogP contribution in [0.1, 0.15) is 58.8 Å². The molecular weight excluding hydrogens is 529 g/mol. The van der Waals surface area contributed by atoms with Crippen LogP contribution in [0.2, 0.25) is 0 Å². The van der Waals surface area contributed by atoms with Crippen molar-refractivity contribution in [2.45, 2.75) is 33.3 Å². The van der Waals surface area contributed by atoms with Gasteiger partial charge in [0.2, 0.25) is 0 Å². The van der Waals surface area contributed by atoms with E-state index in [0.717, 1.165) is 12.8 Å². The summed E-state index contributed by atoms with van der Waals surface area (Å²) in [6, 6.07) is 0. The van der Waals surface area contributed by atoms with Gasteiger partial charge >= 0.3 is 23.6 Å². The standard InChI is InChI=1S/C14H14Cl6N6O4/c15-13(16,17)11-25-23-9(29-11)7(27)21-5-3-1-2-4-6-22-8(28)10-24-26-12(30-10)14(18,19)20/h1-6H2,(H,21,27)(H,22,28). The van der Waals surface area contributed by atoms with Crippen LogP contribution in [0.5, 0.6) is 0 Å². The molecule has 0 aliphatic carbocycles. The molecule has 2 heterocycles. The van der Waals surface area contributed by atoms with Crippen LogP contribution in [0.15, 0.2) is 8.83 Å². The molecule has 30 heavy (non-hydrogen) atoms. The highest BCUT2D eigenvalue weighted by atomic mass is 35.6. The van der Waals surface area contributed by atoms with Gasteiger partial charge in [-0.2, -0.15) is 0 Å². The van der Waals surface area contributed by atoms with E-state index in [2.05, 4.69) is 31.0 Å². The number of rotatable bonds is 9. The lowest BCUT2D eigenvalue weighted by Gasteiger charge is -2.05. The van der Waals surface area contributed by atoms with Crippen LogP contribution in [0.25, 0.3) is 0 Å². The van der Waals surface area contributed by atoms with Crippen molar-refractivity contribution >= 4 is 81.4 Å². The maximum atomic E-state index is 11.9. The lowest BCUT2D eigenvalue weighted by Crippen LogP contribution is -2.25. The Morgan fingerprint density at radius 2 is 1.03 bits per heavy atom. The fourth-order valence-corrected chi connectivity index (χ4v) is 2.48. The van der Waals surface area contributed by atoms with Gasteiger partial charge in [-0.25, -0.2) is 0 Å². The number of carbonyl (C=O) groups excluding carboxylic acids is 2. The van der Waals surface area contributed by atoms with Gasteiger partial charge in [0, 0.05) is 13.1 Å². The van der Waals surface area contributed by atoms with Crippen LogP contribution in [-0.2, 0) is 7.59 Å². The zero-order chi connectivity index (χ0) is 22.4. The van der Waals surface area contributed by atoms with Crippen LogP contribution < -0.4 is 10.6 Å². The highest BCUT2D eigenvalue weighted by Gasteiger charge is 2.32. The predicted octanol–water partition coefficient (Wildman–Crippen LogP) is 3.83. The van der Waals surface area contributed by atoms with Crippen molar-refractivity contribution in [3.8, 4) is 0 Å². The fourth-order valence-electron chi connectivity index (χ4n) is 2.02. The fraction of sp³-hybridized carbons (Fsp3) is 0.571. The molecule has 0 atom stereocenters. The molecule has 2 amide bonds. The minimum atomic E-state index is -1.89. The number of aromatic nitrogens is 4. The summed E-state index contributed by atoms with van der Waals surface area (Å²) in [6.45, 7) is 0.775. The van der Waals surface area contributed by atoms with Crippen LogP contribution >= 0.6 is 69.6 Å². The molecule has 0 saturated carbocycles. The normalized spacial score (nSPS) is 12.1. The number of unbranched alkanes of at least 4 members (excludes halogenated alkanes) is 3. The van der Waals surface area contributed by atoms with Crippen molar-refractivity contribution in [3.63, 3.8) is 0 Å². The molecule has 0 unspecified atom stereocenters. The smallest absolute Gasteiger partial charge is 0.308 e. The molecule has 16 heteroatoms. The summed E-state index contributed by atoms with van der Waals surface area (Å²) in [5, 5.41) is 19.3. The van der Waals surface area contributed by atoms with Crippen molar-refractivity contribution < 1.29 is 18.4 Å². The molecule has 2 N–H and O–H groups in total. The third-order valence-electron chi connectivity index (χ3n) is 3.40. The Kier molecular flexibility index (Phi) is 9.26. The van der Waals surface area contributed by atoms with E-state index in [1.165, 1.54) is 0 Å². The Balaban J connectivity index is 1.57. The second-order valence-electron chi connectivity index (χ2n) is 5.75. The van der Waals surface area contributed by atoms with E-state index in [9.17, 15) is 9.59 Å². The van der Waals surface area contributed by atoms with Gasteiger partial charge in [0.15, 0.2) is 0 Å². The second-order valence-corrected chi connectivity index (χ2v) is 10.3. The zero-order valence-electron chi connectivity index (χ0n) is 14.9. The number of carbonyl (C=O) groups is 2. The first-order valence-electron chi connectivity index (χ1n) is 8.36. The minimum Gasteiger partial charge on any atom is -0.412 e. The average Bonchev–Trinajstić information content (AvgIpc) is 3.32. The van der Waals surface area contributed by atoms with Gasteiger partial charge in [0.1, 0.15) is 0 Å². The number of hydrogen-bond acceptors (Lipinski definition) is 8. The molecule has 0 aliphatic heterocycles. The highest BCUT2D eigenvalue weighted by molar-refractivity contribution is 6.66. The van der Waals surface area contributed by atoms with Crippen molar-refractivity contribution in [1.82, 2.24) is 31.0 Å². The van der Waals surface area contributed by atoms with Crippen LogP contribution in [0, 0.1) is 0 Å². The lowest BCUT2D eigenvalue weighted by atomic mass is 10.2. The lowest BCUT2D eigenvalue weighted by molar-refractivity contribution is 0.0908. The SMILES string of the molecule is O=C(NCCCCCCNC(=O)c1nnc(C(Cl)(Cl)Cl)o1)c1nnc(C(Cl)(Cl)Cl)o1. The molecule has 0 aromatic carbocycles. The van der Waals surface area contributed by atoms with E-state index in [4.69, 9.17) is 78.4 Å². The van der Waals surface area contributed by atoms with E-state index >= 15 is 0 Å². The number of alkyl halides is 6. The Morgan fingerprint density at radius 1 is 0.667 bits per heavy atom. The Labute approximate surface area is 200 Å². The summed E-state index contributed by atoms with van der Waals surface area (Å²) in [5.41, 5.74) is 0. The number of nitrogens with zero attached hydrogens (tertiary/aromatic N) is 4. The summed E-state index contributed by atoms with van der Waals surface area (Å²) in [7, 11) is 0. The molecule has 2 rings (SSSR count). The molecule has 10 nitrogen and oxygen atoms in total. The van der Waals surface area contributed by atoms with E-state index in [-0.39, 0.29) is 23.6 Å². The van der Waals surface area contributed by atoms with Gasteiger partial charge in [-0.3, -0.25) is 9.59 Å². The first-order valence-corrected chi connectivity index (χ1v) is 10.6. The van der Waals surface area contributed by atoms with Gasteiger partial charge in [0.05, 0.1) is 0 Å². The van der Waals surface area contributed by atoms with E-state index < -0.39 is 19.4 Å². The third-order valence-corrected chi connectivity index (χ3v) is 4.37. The number of halogens is 6. The van der Waals surface area contributed by atoms with Crippen molar-refractivity contribution in [2.24, 2.45) is 0 Å². The minimum absolute atomic E-state index is 0.288. The van der Waals surface area contributed by atoms with Crippen LogP contribution in [-0.4, -0.2) is 45.3 Å². The molecule has 0 saturated heterocycles. The first-order chi connectivity index (χ1) is 14.0. The monoisotopic (exact) mass is 540 g/mol. The summed E-state index contributed by atoms with van der Waals surface area (Å²) in [5.74, 6) is -2.29. The average molecular weight is 543 g/mol. The molecule has 0 fully saturated rings. The van der Waals surface area contributed by atoms with E-state index in [1.54, 1.807) is 0 Å². The van der Waals surface area contributed by atoms with Gasteiger partial charge < -0.3 is 19.5 Å². The Bertz CT molecular complexity index is 791. The second kappa shape index (κ2) is 11.0. The number of amides is 2. The Morgan fingerprint density at radius 3 is 1.33 bits per heavy atom. The number of hydrogen-bond donors (Lipinski definition) is 2. The molecule has 2 aromatic rings. The highest BCUT2D eigenvalue weighted by Crippen LogP contribution is 2.37.